The summed E-state index contributed by atoms with van der Waals surface area (Å²) in [6.45, 7) is 1.21. The van der Waals surface area contributed by atoms with Crippen molar-refractivity contribution in [3.05, 3.63) is 48.3 Å². The second kappa shape index (κ2) is 8.08. The summed E-state index contributed by atoms with van der Waals surface area (Å²) in [7, 11) is 0. The number of ether oxygens (including phenoxy) is 1. The van der Waals surface area contributed by atoms with Crippen molar-refractivity contribution in [3.63, 3.8) is 0 Å². The number of benzene rings is 1. The van der Waals surface area contributed by atoms with Gasteiger partial charge in [0.15, 0.2) is 11.6 Å². The molecule has 1 N–H and O–H groups in total. The molecule has 0 amide bonds. The molecule has 4 nitrogen and oxygen atoms in total. The molecule has 0 atom stereocenters. The van der Waals surface area contributed by atoms with Crippen molar-refractivity contribution >= 4 is 0 Å². The first-order chi connectivity index (χ1) is 10.3. The van der Waals surface area contributed by atoms with Crippen LogP contribution in [0.2, 0.25) is 0 Å². The number of rotatable bonds is 6. The summed E-state index contributed by atoms with van der Waals surface area (Å²) < 4.78 is 21.0. The molecule has 2 rings (SSSR count). The highest BCUT2D eigenvalue weighted by Gasteiger charge is 2.04. The van der Waals surface area contributed by atoms with Crippen molar-refractivity contribution in [1.29, 1.82) is 0 Å². The Bertz CT molecular complexity index is 615. The van der Waals surface area contributed by atoms with E-state index < -0.39 is 5.82 Å². The molecule has 0 saturated heterocycles. The Morgan fingerprint density at radius 3 is 3.05 bits per heavy atom. The van der Waals surface area contributed by atoms with Gasteiger partial charge in [-0.2, -0.15) is 0 Å². The second-order valence-electron chi connectivity index (χ2n) is 4.42. The quantitative estimate of drug-likeness (QED) is 0.655. The number of aryl methyl sites for hydroxylation is 1. The zero-order valence-electron chi connectivity index (χ0n) is 11.6. The lowest BCUT2D eigenvalue weighted by Gasteiger charge is -2.08. The average molecular weight is 288 g/mol. The molecule has 21 heavy (non-hydrogen) atoms. The third-order valence-corrected chi connectivity index (χ3v) is 2.78. The molecule has 1 aromatic heterocycles. The summed E-state index contributed by atoms with van der Waals surface area (Å²) in [6.07, 6.45) is 6.49. The molecular weight excluding hydrogens is 271 g/mol. The van der Waals surface area contributed by atoms with Gasteiger partial charge >= 0.3 is 0 Å². The number of aliphatic hydroxyl groups is 1. The van der Waals surface area contributed by atoms with Crippen LogP contribution >= 0.6 is 0 Å². The monoisotopic (exact) mass is 288 g/mol. The molecule has 0 unspecified atom stereocenters. The maximum Gasteiger partial charge on any atom is 0.165 e. The van der Waals surface area contributed by atoms with Gasteiger partial charge in [-0.3, -0.25) is 0 Å². The maximum atomic E-state index is 13.6. The minimum Gasteiger partial charge on any atom is -0.490 e. The third-order valence-electron chi connectivity index (χ3n) is 2.78. The van der Waals surface area contributed by atoms with Gasteiger partial charge in [-0.05, 0) is 24.6 Å². The van der Waals surface area contributed by atoms with E-state index in [4.69, 9.17) is 9.84 Å². The lowest BCUT2D eigenvalue weighted by atomic mass is 10.2. The largest absolute Gasteiger partial charge is 0.490 e. The lowest BCUT2D eigenvalue weighted by molar-refractivity contribution is 0.287. The minimum atomic E-state index is -0.398. The van der Waals surface area contributed by atoms with Crippen molar-refractivity contribution in [3.8, 4) is 17.6 Å². The Hall–Kier alpha value is -2.32. The average Bonchev–Trinajstić information content (AvgIpc) is 3.00. The smallest absolute Gasteiger partial charge is 0.165 e. The highest BCUT2D eigenvalue weighted by atomic mass is 19.1. The van der Waals surface area contributed by atoms with E-state index in [9.17, 15) is 4.39 Å². The summed E-state index contributed by atoms with van der Waals surface area (Å²) in [5.41, 5.74) is 0.675. The first-order valence-electron chi connectivity index (χ1n) is 6.77. The van der Waals surface area contributed by atoms with E-state index >= 15 is 0 Å². The van der Waals surface area contributed by atoms with E-state index in [1.807, 2.05) is 10.8 Å². The summed E-state index contributed by atoms with van der Waals surface area (Å²) in [5, 5.41) is 8.67. The van der Waals surface area contributed by atoms with E-state index in [1.54, 1.807) is 24.7 Å². The van der Waals surface area contributed by atoms with Crippen molar-refractivity contribution in [2.45, 2.75) is 19.4 Å². The standard InChI is InChI=1S/C16H17FN2O2/c17-15-6-5-14(4-1-2-10-20)12-16(15)21-11-3-8-19-9-7-18-13-19/h5-7,9,12-13,20H,2-3,8,10-11H2. The topological polar surface area (TPSA) is 47.3 Å². The van der Waals surface area contributed by atoms with Crippen molar-refractivity contribution in [2.24, 2.45) is 0 Å². The van der Waals surface area contributed by atoms with Crippen LogP contribution in [0, 0.1) is 17.7 Å². The number of nitrogens with zero attached hydrogens (tertiary/aromatic N) is 2. The summed E-state index contributed by atoms with van der Waals surface area (Å²) in [5.74, 6) is 5.46. The molecular formula is C16H17FN2O2. The Morgan fingerprint density at radius 2 is 2.29 bits per heavy atom. The van der Waals surface area contributed by atoms with Crippen LogP contribution < -0.4 is 4.74 Å². The molecule has 0 aliphatic rings. The first-order valence-corrected chi connectivity index (χ1v) is 6.77. The fraction of sp³-hybridized carbons (Fsp3) is 0.312. The van der Waals surface area contributed by atoms with Gasteiger partial charge in [0, 0.05) is 30.9 Å². The van der Waals surface area contributed by atoms with Gasteiger partial charge in [-0.15, -0.1) is 0 Å². The van der Waals surface area contributed by atoms with Crippen LogP contribution in [-0.4, -0.2) is 27.9 Å². The van der Waals surface area contributed by atoms with Crippen LogP contribution in [0.4, 0.5) is 4.39 Å². The number of imidazole rings is 1. The molecule has 0 radical (unpaired) electrons. The van der Waals surface area contributed by atoms with Crippen LogP contribution in [0.1, 0.15) is 18.4 Å². The van der Waals surface area contributed by atoms with E-state index in [2.05, 4.69) is 16.8 Å². The van der Waals surface area contributed by atoms with Gasteiger partial charge in [0.1, 0.15) is 0 Å². The molecule has 0 saturated carbocycles. The van der Waals surface area contributed by atoms with Crippen molar-refractivity contribution < 1.29 is 14.2 Å². The number of hydrogen-bond acceptors (Lipinski definition) is 3. The Balaban J connectivity index is 1.87. The molecule has 0 aliphatic heterocycles. The first kappa shape index (κ1) is 15.1. The van der Waals surface area contributed by atoms with Gasteiger partial charge in [0.05, 0.1) is 19.5 Å². The van der Waals surface area contributed by atoms with Crippen LogP contribution in [0.15, 0.2) is 36.9 Å². The van der Waals surface area contributed by atoms with Crippen LogP contribution in [-0.2, 0) is 6.54 Å². The predicted octanol–water partition coefficient (Wildman–Crippen LogP) is 2.23. The Morgan fingerprint density at radius 1 is 1.38 bits per heavy atom. The van der Waals surface area contributed by atoms with E-state index in [0.717, 1.165) is 13.0 Å². The van der Waals surface area contributed by atoms with Gasteiger partial charge in [0.2, 0.25) is 0 Å². The summed E-state index contributed by atoms with van der Waals surface area (Å²) >= 11 is 0. The maximum absolute atomic E-state index is 13.6. The van der Waals surface area contributed by atoms with E-state index in [1.165, 1.54) is 6.07 Å². The molecule has 1 aromatic carbocycles. The van der Waals surface area contributed by atoms with Crippen LogP contribution in [0.5, 0.6) is 5.75 Å². The number of aromatic nitrogens is 2. The Kier molecular flexibility index (Phi) is 5.80. The molecule has 2 aromatic rings. The molecule has 1 heterocycles. The van der Waals surface area contributed by atoms with Gasteiger partial charge in [-0.1, -0.05) is 11.8 Å². The van der Waals surface area contributed by atoms with Crippen molar-refractivity contribution in [2.75, 3.05) is 13.2 Å². The highest BCUT2D eigenvalue weighted by Crippen LogP contribution is 2.18. The predicted molar refractivity (Wildman–Crippen MR) is 77.3 cm³/mol. The molecule has 0 fully saturated rings. The minimum absolute atomic E-state index is 0.0196. The van der Waals surface area contributed by atoms with Crippen LogP contribution in [0.3, 0.4) is 0 Å². The molecule has 0 bridgehead atoms. The van der Waals surface area contributed by atoms with E-state index in [-0.39, 0.29) is 12.4 Å². The van der Waals surface area contributed by atoms with Crippen molar-refractivity contribution in [1.82, 2.24) is 9.55 Å². The molecule has 110 valence electrons. The molecule has 0 spiro atoms. The lowest BCUT2D eigenvalue weighted by Crippen LogP contribution is -2.04. The SMILES string of the molecule is OCCC#Cc1ccc(F)c(OCCCn2ccnc2)c1. The molecule has 0 aliphatic carbocycles. The van der Waals surface area contributed by atoms with Crippen LogP contribution in [0.25, 0.3) is 0 Å². The van der Waals surface area contributed by atoms with Gasteiger partial charge in [0.25, 0.3) is 0 Å². The fourth-order valence-corrected chi connectivity index (χ4v) is 1.76. The third kappa shape index (κ3) is 4.93. The van der Waals surface area contributed by atoms with Gasteiger partial charge in [-0.25, -0.2) is 9.37 Å². The number of hydrogen-bond donors (Lipinski definition) is 1. The zero-order valence-corrected chi connectivity index (χ0v) is 11.6. The normalized spacial score (nSPS) is 10.0. The fourth-order valence-electron chi connectivity index (χ4n) is 1.76. The summed E-state index contributed by atoms with van der Waals surface area (Å²) in [4.78, 5) is 3.95. The number of halogens is 1. The zero-order chi connectivity index (χ0) is 14.9. The molecule has 5 heteroatoms. The van der Waals surface area contributed by atoms with E-state index in [0.29, 0.717) is 18.6 Å². The second-order valence-corrected chi connectivity index (χ2v) is 4.42. The van der Waals surface area contributed by atoms with Gasteiger partial charge < -0.3 is 14.4 Å². The number of aliphatic hydroxyl groups excluding tert-OH is 1. The highest BCUT2D eigenvalue weighted by molar-refractivity contribution is 5.40. The Labute approximate surface area is 123 Å². The summed E-state index contributed by atoms with van der Waals surface area (Å²) in [6, 6.07) is 4.52.